The van der Waals surface area contributed by atoms with Gasteiger partial charge in [-0.15, -0.1) is 0 Å². The second-order valence-electron chi connectivity index (χ2n) is 5.14. The third-order valence-electron chi connectivity index (χ3n) is 3.36. The van der Waals surface area contributed by atoms with Crippen LogP contribution in [0.15, 0.2) is 54.6 Å². The van der Waals surface area contributed by atoms with Crippen molar-refractivity contribution in [3.63, 3.8) is 0 Å². The third-order valence-corrected chi connectivity index (χ3v) is 5.37. The van der Waals surface area contributed by atoms with Crippen molar-refractivity contribution in [2.45, 2.75) is 25.5 Å². The number of nitrogens with zero attached hydrogens (tertiary/aromatic N) is 1. The van der Waals surface area contributed by atoms with E-state index in [9.17, 15) is 8.42 Å². The van der Waals surface area contributed by atoms with Crippen molar-refractivity contribution >= 4 is 27.3 Å². The highest BCUT2D eigenvalue weighted by Gasteiger charge is 2.22. The van der Waals surface area contributed by atoms with E-state index >= 15 is 0 Å². The average molecular weight is 338 g/mol. The van der Waals surface area contributed by atoms with Crippen LogP contribution in [0, 0.1) is 0 Å². The van der Waals surface area contributed by atoms with Gasteiger partial charge in [-0.05, 0) is 36.2 Å². The summed E-state index contributed by atoms with van der Waals surface area (Å²) >= 11 is 5.85. The molecule has 0 N–H and O–H groups in total. The van der Waals surface area contributed by atoms with E-state index in [1.807, 2.05) is 30.3 Å². The van der Waals surface area contributed by atoms with Gasteiger partial charge in [0.1, 0.15) is 0 Å². The standard InChI is InChI=1S/C17H20ClNO2S/c1-2-3-13-19(17-7-5-4-6-8-17)22(20,21)14-15-9-11-16(18)12-10-15/h4-12H,2-3,13-14H2,1H3. The second-order valence-corrected chi connectivity index (χ2v) is 7.47. The van der Waals surface area contributed by atoms with Crippen LogP contribution in [-0.2, 0) is 15.8 Å². The van der Waals surface area contributed by atoms with Gasteiger partial charge in [-0.1, -0.05) is 55.3 Å². The summed E-state index contributed by atoms with van der Waals surface area (Å²) in [5.74, 6) is -0.0250. The quantitative estimate of drug-likeness (QED) is 0.747. The van der Waals surface area contributed by atoms with E-state index in [0.717, 1.165) is 18.4 Å². The van der Waals surface area contributed by atoms with Crippen molar-refractivity contribution in [2.75, 3.05) is 10.8 Å². The molecule has 5 heteroatoms. The molecule has 3 nitrogen and oxygen atoms in total. The number of hydrogen-bond donors (Lipinski definition) is 0. The van der Waals surface area contributed by atoms with Gasteiger partial charge in [-0.2, -0.15) is 0 Å². The zero-order valence-corrected chi connectivity index (χ0v) is 14.1. The van der Waals surface area contributed by atoms with Gasteiger partial charge in [0.05, 0.1) is 11.4 Å². The fraction of sp³-hybridized carbons (Fsp3) is 0.294. The Morgan fingerprint density at radius 1 is 1.00 bits per heavy atom. The van der Waals surface area contributed by atoms with Gasteiger partial charge < -0.3 is 0 Å². The van der Waals surface area contributed by atoms with Gasteiger partial charge in [-0.3, -0.25) is 4.31 Å². The first-order chi connectivity index (χ1) is 10.5. The molecule has 118 valence electrons. The minimum absolute atomic E-state index is 0.0250. The number of unbranched alkanes of at least 4 members (excludes halogenated alkanes) is 1. The normalized spacial score (nSPS) is 11.4. The highest BCUT2D eigenvalue weighted by Crippen LogP contribution is 2.22. The van der Waals surface area contributed by atoms with Crippen LogP contribution >= 0.6 is 11.6 Å². The molecule has 0 bridgehead atoms. The van der Waals surface area contributed by atoms with E-state index in [2.05, 4.69) is 6.92 Å². The van der Waals surface area contributed by atoms with Gasteiger partial charge in [0.25, 0.3) is 0 Å². The van der Waals surface area contributed by atoms with Crippen molar-refractivity contribution in [1.82, 2.24) is 0 Å². The molecule has 0 spiro atoms. The van der Waals surface area contributed by atoms with Crippen LogP contribution in [0.3, 0.4) is 0 Å². The van der Waals surface area contributed by atoms with Crippen molar-refractivity contribution in [3.05, 3.63) is 65.2 Å². The predicted molar refractivity (Wildman–Crippen MR) is 92.8 cm³/mol. The summed E-state index contributed by atoms with van der Waals surface area (Å²) in [5, 5.41) is 0.604. The first kappa shape index (κ1) is 16.8. The van der Waals surface area contributed by atoms with Gasteiger partial charge in [-0.25, -0.2) is 8.42 Å². The van der Waals surface area contributed by atoms with Crippen LogP contribution in [-0.4, -0.2) is 15.0 Å². The molecule has 2 rings (SSSR count). The van der Waals surface area contributed by atoms with Crippen molar-refractivity contribution in [3.8, 4) is 0 Å². The molecule has 2 aromatic rings. The Bertz CT molecular complexity index is 684. The number of sulfonamides is 1. The molecule has 0 aliphatic heterocycles. The predicted octanol–water partition coefficient (Wildman–Crippen LogP) is 4.48. The molecule has 0 aliphatic rings. The van der Waals surface area contributed by atoms with Gasteiger partial charge >= 0.3 is 0 Å². The minimum atomic E-state index is -3.42. The minimum Gasteiger partial charge on any atom is -0.270 e. The molecule has 0 aliphatic carbocycles. The molecule has 0 saturated carbocycles. The zero-order valence-electron chi connectivity index (χ0n) is 12.6. The molecule has 22 heavy (non-hydrogen) atoms. The average Bonchev–Trinajstić information content (AvgIpc) is 2.50. The number of halogens is 1. The Labute approximate surface area is 137 Å². The van der Waals surface area contributed by atoms with Crippen LogP contribution in [0.25, 0.3) is 0 Å². The molecule has 0 radical (unpaired) electrons. The zero-order chi connectivity index (χ0) is 16.0. The second kappa shape index (κ2) is 7.65. The topological polar surface area (TPSA) is 37.4 Å². The maximum Gasteiger partial charge on any atom is 0.239 e. The number of anilines is 1. The molecule has 0 saturated heterocycles. The molecule has 0 unspecified atom stereocenters. The Kier molecular flexibility index (Phi) is 5.86. The van der Waals surface area contributed by atoms with Crippen LogP contribution in [0.5, 0.6) is 0 Å². The van der Waals surface area contributed by atoms with Gasteiger partial charge in [0.15, 0.2) is 0 Å². The molecule has 0 amide bonds. The first-order valence-corrected chi connectivity index (χ1v) is 9.31. The molecule has 0 atom stereocenters. The van der Waals surface area contributed by atoms with E-state index in [0.29, 0.717) is 17.3 Å². The Hall–Kier alpha value is -1.52. The molecular formula is C17H20ClNO2S. The summed E-state index contributed by atoms with van der Waals surface area (Å²) in [6.07, 6.45) is 1.77. The number of hydrogen-bond acceptors (Lipinski definition) is 2. The molecule has 2 aromatic carbocycles. The van der Waals surface area contributed by atoms with E-state index in [-0.39, 0.29) is 5.75 Å². The smallest absolute Gasteiger partial charge is 0.239 e. The lowest BCUT2D eigenvalue weighted by atomic mass is 10.2. The lowest BCUT2D eigenvalue weighted by Crippen LogP contribution is -2.33. The molecular weight excluding hydrogens is 318 g/mol. The molecule has 0 aromatic heterocycles. The lowest BCUT2D eigenvalue weighted by molar-refractivity contribution is 0.588. The van der Waals surface area contributed by atoms with Crippen LogP contribution in [0.1, 0.15) is 25.3 Å². The maximum absolute atomic E-state index is 12.8. The largest absolute Gasteiger partial charge is 0.270 e. The Morgan fingerprint density at radius 3 is 2.23 bits per heavy atom. The lowest BCUT2D eigenvalue weighted by Gasteiger charge is -2.24. The fourth-order valence-corrected chi connectivity index (χ4v) is 3.94. The first-order valence-electron chi connectivity index (χ1n) is 7.33. The summed E-state index contributed by atoms with van der Waals surface area (Å²) in [4.78, 5) is 0. The maximum atomic E-state index is 12.8. The van der Waals surface area contributed by atoms with Crippen LogP contribution in [0.4, 0.5) is 5.69 Å². The van der Waals surface area contributed by atoms with Gasteiger partial charge in [0.2, 0.25) is 10.0 Å². The van der Waals surface area contributed by atoms with Crippen LogP contribution < -0.4 is 4.31 Å². The summed E-state index contributed by atoms with van der Waals surface area (Å²) in [7, 11) is -3.42. The van der Waals surface area contributed by atoms with Crippen molar-refractivity contribution < 1.29 is 8.42 Å². The van der Waals surface area contributed by atoms with E-state index in [1.54, 1.807) is 24.3 Å². The fourth-order valence-electron chi connectivity index (χ4n) is 2.19. The number of para-hydroxylation sites is 1. The molecule has 0 heterocycles. The van der Waals surface area contributed by atoms with E-state index in [1.165, 1.54) is 4.31 Å². The summed E-state index contributed by atoms with van der Waals surface area (Å²) in [5.41, 5.74) is 1.45. The van der Waals surface area contributed by atoms with E-state index in [4.69, 9.17) is 11.6 Å². The van der Waals surface area contributed by atoms with E-state index < -0.39 is 10.0 Å². The third kappa shape index (κ3) is 4.49. The SMILES string of the molecule is CCCCN(c1ccccc1)S(=O)(=O)Cc1ccc(Cl)cc1. The summed E-state index contributed by atoms with van der Waals surface area (Å²) < 4.78 is 27.1. The highest BCUT2D eigenvalue weighted by atomic mass is 35.5. The van der Waals surface area contributed by atoms with Gasteiger partial charge in [0, 0.05) is 11.6 Å². The summed E-state index contributed by atoms with van der Waals surface area (Å²) in [6.45, 7) is 2.55. The molecule has 0 fully saturated rings. The van der Waals surface area contributed by atoms with Crippen LogP contribution in [0.2, 0.25) is 5.02 Å². The monoisotopic (exact) mass is 337 g/mol. The summed E-state index contributed by atoms with van der Waals surface area (Å²) in [6, 6.07) is 16.2. The van der Waals surface area contributed by atoms with Crippen molar-refractivity contribution in [2.24, 2.45) is 0 Å². The Balaban J connectivity index is 2.26. The number of benzene rings is 2. The Morgan fingerprint density at radius 2 is 1.64 bits per heavy atom. The highest BCUT2D eigenvalue weighted by molar-refractivity contribution is 7.92. The van der Waals surface area contributed by atoms with Crippen molar-refractivity contribution in [1.29, 1.82) is 0 Å². The number of rotatable bonds is 7.